The Kier molecular flexibility index (Phi) is 4.83. The molecule has 4 N–H and O–H groups in total. The molecular weight excluding hydrogens is 220 g/mol. The molecule has 1 unspecified atom stereocenters. The number of carbonyl (C=O) groups is 1. The first-order valence-corrected chi connectivity index (χ1v) is 6.24. The Morgan fingerprint density at radius 2 is 2.12 bits per heavy atom. The molecule has 1 aromatic rings. The molecule has 0 spiro atoms. The van der Waals surface area contributed by atoms with Crippen molar-refractivity contribution < 1.29 is 4.79 Å². The second-order valence-electron chi connectivity index (χ2n) is 3.91. The second kappa shape index (κ2) is 5.92. The fourth-order valence-corrected chi connectivity index (χ4v) is 2.46. The standard InChI is InChI=1S/C12H18N2OS/c1-8-3-4-9(2)11(7-8)16-6-5-10(13)12(14)15/h3-4,7,10H,5-6,13H2,1-2H3,(H2,14,15). The number of primary amides is 1. The van der Waals surface area contributed by atoms with E-state index in [0.29, 0.717) is 6.42 Å². The summed E-state index contributed by atoms with van der Waals surface area (Å²) in [7, 11) is 0. The summed E-state index contributed by atoms with van der Waals surface area (Å²) in [5.74, 6) is 0.385. The molecule has 16 heavy (non-hydrogen) atoms. The molecule has 0 bridgehead atoms. The van der Waals surface area contributed by atoms with Crippen LogP contribution in [-0.2, 0) is 4.79 Å². The number of hydrogen-bond acceptors (Lipinski definition) is 3. The van der Waals surface area contributed by atoms with Gasteiger partial charge in [0.2, 0.25) is 5.91 Å². The minimum atomic E-state index is -0.530. The summed E-state index contributed by atoms with van der Waals surface area (Å²) in [6.07, 6.45) is 0.618. The van der Waals surface area contributed by atoms with E-state index in [9.17, 15) is 4.79 Å². The van der Waals surface area contributed by atoms with Crippen molar-refractivity contribution in [3.63, 3.8) is 0 Å². The van der Waals surface area contributed by atoms with Crippen molar-refractivity contribution in [2.75, 3.05) is 5.75 Å². The monoisotopic (exact) mass is 238 g/mol. The van der Waals surface area contributed by atoms with E-state index in [1.165, 1.54) is 16.0 Å². The van der Waals surface area contributed by atoms with Crippen molar-refractivity contribution in [3.8, 4) is 0 Å². The summed E-state index contributed by atoms with van der Waals surface area (Å²) in [4.78, 5) is 12.0. The first-order valence-electron chi connectivity index (χ1n) is 5.25. The smallest absolute Gasteiger partial charge is 0.234 e. The molecule has 0 radical (unpaired) electrons. The maximum atomic E-state index is 10.8. The maximum Gasteiger partial charge on any atom is 0.234 e. The average Bonchev–Trinajstić information content (AvgIpc) is 2.22. The van der Waals surface area contributed by atoms with E-state index in [-0.39, 0.29) is 0 Å². The van der Waals surface area contributed by atoms with Crippen LogP contribution in [0.1, 0.15) is 17.5 Å². The van der Waals surface area contributed by atoms with Crippen LogP contribution in [0.2, 0.25) is 0 Å². The third-order valence-corrected chi connectivity index (χ3v) is 3.59. The van der Waals surface area contributed by atoms with Gasteiger partial charge in [0.15, 0.2) is 0 Å². The van der Waals surface area contributed by atoms with Gasteiger partial charge in [-0.2, -0.15) is 0 Å². The van der Waals surface area contributed by atoms with Gasteiger partial charge in [-0.05, 0) is 37.7 Å². The van der Waals surface area contributed by atoms with Gasteiger partial charge in [0.25, 0.3) is 0 Å². The molecule has 0 aliphatic heterocycles. The van der Waals surface area contributed by atoms with E-state index < -0.39 is 11.9 Å². The van der Waals surface area contributed by atoms with E-state index in [1.807, 2.05) is 0 Å². The van der Waals surface area contributed by atoms with Crippen molar-refractivity contribution in [3.05, 3.63) is 29.3 Å². The van der Waals surface area contributed by atoms with Gasteiger partial charge in [-0.25, -0.2) is 0 Å². The fourth-order valence-electron chi connectivity index (χ4n) is 1.30. The highest BCUT2D eigenvalue weighted by atomic mass is 32.2. The summed E-state index contributed by atoms with van der Waals surface area (Å²) in [5.41, 5.74) is 13.2. The zero-order valence-corrected chi connectivity index (χ0v) is 10.5. The molecule has 4 heteroatoms. The van der Waals surface area contributed by atoms with Gasteiger partial charge in [-0.15, -0.1) is 11.8 Å². The van der Waals surface area contributed by atoms with Crippen LogP contribution in [-0.4, -0.2) is 17.7 Å². The molecule has 0 aliphatic carbocycles. The third-order valence-electron chi connectivity index (χ3n) is 2.40. The predicted octanol–water partition coefficient (Wildman–Crippen LogP) is 1.60. The third kappa shape index (κ3) is 3.87. The topological polar surface area (TPSA) is 69.1 Å². The Bertz CT molecular complexity index is 379. The Morgan fingerprint density at radius 1 is 1.44 bits per heavy atom. The van der Waals surface area contributed by atoms with Crippen molar-refractivity contribution in [1.29, 1.82) is 0 Å². The van der Waals surface area contributed by atoms with Crippen molar-refractivity contribution in [2.45, 2.75) is 31.2 Å². The molecule has 1 aromatic carbocycles. The fraction of sp³-hybridized carbons (Fsp3) is 0.417. The summed E-state index contributed by atoms with van der Waals surface area (Å²) < 4.78 is 0. The Labute approximate surface area is 101 Å². The number of hydrogen-bond donors (Lipinski definition) is 2. The highest BCUT2D eigenvalue weighted by Gasteiger charge is 2.09. The van der Waals surface area contributed by atoms with Crippen molar-refractivity contribution >= 4 is 17.7 Å². The highest BCUT2D eigenvalue weighted by Crippen LogP contribution is 2.24. The summed E-state index contributed by atoms with van der Waals surface area (Å²) in [5, 5.41) is 0. The van der Waals surface area contributed by atoms with Crippen LogP contribution in [0.25, 0.3) is 0 Å². The first kappa shape index (κ1) is 13.1. The van der Waals surface area contributed by atoms with Gasteiger partial charge in [-0.1, -0.05) is 17.7 Å². The summed E-state index contributed by atoms with van der Waals surface area (Å²) in [6.45, 7) is 4.15. The van der Waals surface area contributed by atoms with E-state index in [2.05, 4.69) is 32.0 Å². The normalized spacial score (nSPS) is 12.4. The zero-order valence-electron chi connectivity index (χ0n) is 9.69. The second-order valence-corrected chi connectivity index (χ2v) is 5.05. The van der Waals surface area contributed by atoms with Gasteiger partial charge in [0.05, 0.1) is 6.04 Å². The molecule has 0 saturated heterocycles. The lowest BCUT2D eigenvalue weighted by atomic mass is 10.2. The van der Waals surface area contributed by atoms with Crippen LogP contribution in [0.3, 0.4) is 0 Å². The van der Waals surface area contributed by atoms with Crippen LogP contribution in [0.5, 0.6) is 0 Å². The van der Waals surface area contributed by atoms with Crippen LogP contribution in [0.15, 0.2) is 23.1 Å². The SMILES string of the molecule is Cc1ccc(C)c(SCCC(N)C(N)=O)c1. The van der Waals surface area contributed by atoms with E-state index in [4.69, 9.17) is 11.5 Å². The lowest BCUT2D eigenvalue weighted by Gasteiger charge is -2.09. The average molecular weight is 238 g/mol. The zero-order chi connectivity index (χ0) is 12.1. The first-order chi connectivity index (χ1) is 7.50. The number of aryl methyl sites for hydroxylation is 2. The van der Waals surface area contributed by atoms with Gasteiger partial charge >= 0.3 is 0 Å². The van der Waals surface area contributed by atoms with Crippen molar-refractivity contribution in [2.24, 2.45) is 11.5 Å². The molecule has 0 saturated carbocycles. The van der Waals surface area contributed by atoms with Crippen LogP contribution < -0.4 is 11.5 Å². The maximum absolute atomic E-state index is 10.8. The Balaban J connectivity index is 2.48. The largest absolute Gasteiger partial charge is 0.368 e. The number of nitrogens with two attached hydrogens (primary N) is 2. The number of amides is 1. The number of carbonyl (C=O) groups excluding carboxylic acids is 1. The minimum Gasteiger partial charge on any atom is -0.368 e. The number of rotatable bonds is 5. The highest BCUT2D eigenvalue weighted by molar-refractivity contribution is 7.99. The van der Waals surface area contributed by atoms with E-state index in [1.54, 1.807) is 11.8 Å². The van der Waals surface area contributed by atoms with E-state index in [0.717, 1.165) is 5.75 Å². The molecule has 0 fully saturated rings. The summed E-state index contributed by atoms with van der Waals surface area (Å²) >= 11 is 1.72. The van der Waals surface area contributed by atoms with Gasteiger partial charge in [-0.3, -0.25) is 4.79 Å². The Morgan fingerprint density at radius 3 is 2.75 bits per heavy atom. The van der Waals surface area contributed by atoms with E-state index >= 15 is 0 Å². The van der Waals surface area contributed by atoms with Gasteiger partial charge in [0, 0.05) is 4.90 Å². The molecule has 3 nitrogen and oxygen atoms in total. The molecule has 0 heterocycles. The van der Waals surface area contributed by atoms with Gasteiger partial charge < -0.3 is 11.5 Å². The van der Waals surface area contributed by atoms with Crippen LogP contribution in [0, 0.1) is 13.8 Å². The molecule has 1 amide bonds. The minimum absolute atomic E-state index is 0.429. The quantitative estimate of drug-likeness (QED) is 0.765. The number of thioether (sulfide) groups is 1. The van der Waals surface area contributed by atoms with Crippen molar-refractivity contribution in [1.82, 2.24) is 0 Å². The lowest BCUT2D eigenvalue weighted by molar-refractivity contribution is -0.119. The van der Waals surface area contributed by atoms with Crippen LogP contribution in [0.4, 0.5) is 0 Å². The molecule has 1 atom stereocenters. The van der Waals surface area contributed by atoms with Gasteiger partial charge in [0.1, 0.15) is 0 Å². The number of benzene rings is 1. The Hall–Kier alpha value is -1.00. The molecule has 0 aromatic heterocycles. The molecule has 88 valence electrons. The molecule has 1 rings (SSSR count). The molecule has 0 aliphatic rings. The summed E-state index contributed by atoms with van der Waals surface area (Å²) in [6, 6.07) is 5.81. The van der Waals surface area contributed by atoms with Crippen LogP contribution >= 0.6 is 11.8 Å². The molecular formula is C12H18N2OS. The predicted molar refractivity (Wildman–Crippen MR) is 68.4 cm³/mol. The lowest BCUT2D eigenvalue weighted by Crippen LogP contribution is -2.36.